The second-order valence-corrected chi connectivity index (χ2v) is 14.2. The fourth-order valence-electron chi connectivity index (χ4n) is 7.70. The van der Waals surface area contributed by atoms with Crippen molar-refractivity contribution in [3.05, 3.63) is 17.5 Å². The molecule has 6 aliphatic rings. The van der Waals surface area contributed by atoms with Gasteiger partial charge in [-0.2, -0.15) is 4.31 Å². The molecule has 4 aliphatic heterocycles. The second kappa shape index (κ2) is 8.69. The van der Waals surface area contributed by atoms with Gasteiger partial charge in [0.15, 0.2) is 5.69 Å². The predicted molar refractivity (Wildman–Crippen MR) is 128 cm³/mol. The largest absolute Gasteiger partial charge is 0.380 e. The van der Waals surface area contributed by atoms with Gasteiger partial charge in [-0.15, -0.1) is 0 Å². The number of aromatic nitrogens is 1. The number of nitrogens with zero attached hydrogens (tertiary/aromatic N) is 3. The van der Waals surface area contributed by atoms with Crippen LogP contribution >= 0.6 is 0 Å². The number of amides is 1. The van der Waals surface area contributed by atoms with E-state index in [1.165, 1.54) is 0 Å². The fourth-order valence-corrected chi connectivity index (χ4v) is 10.1. The summed E-state index contributed by atoms with van der Waals surface area (Å²) in [6.45, 7) is 3.55. The second-order valence-electron chi connectivity index (χ2n) is 12.3. The number of hydrogen-bond acceptors (Lipinski definition) is 7. The molecule has 2 aliphatic carbocycles. The maximum Gasteiger partial charge on any atom is 0.273 e. The number of carbonyl (C=O) groups excluding carboxylic acids is 1. The summed E-state index contributed by atoms with van der Waals surface area (Å²) in [5.74, 6) is -0.736. The van der Waals surface area contributed by atoms with E-state index in [2.05, 4.69) is 15.4 Å². The maximum absolute atomic E-state index is 13.5. The zero-order valence-corrected chi connectivity index (χ0v) is 21.5. The van der Waals surface area contributed by atoms with Gasteiger partial charge in [-0.05, 0) is 49.4 Å². The highest BCUT2D eigenvalue weighted by Crippen LogP contribution is 2.54. The first-order chi connectivity index (χ1) is 17.6. The zero-order valence-electron chi connectivity index (χ0n) is 20.7. The van der Waals surface area contributed by atoms with E-state index in [0.29, 0.717) is 43.7 Å². The Bertz CT molecular complexity index is 1140. The monoisotopic (exact) mass is 540 g/mol. The SMILES string of the molecule is O=C(NC1CC2CCC(C1)N2S(=O)(=O)CC1C2CN(CC3CC(F)(F)C3)CC21)c1cc(C2COC2)on1. The number of carbonyl (C=O) groups is 1. The highest BCUT2D eigenvalue weighted by Gasteiger charge is 2.59. The Kier molecular flexibility index (Phi) is 5.73. The number of hydrogen-bond donors (Lipinski definition) is 1. The highest BCUT2D eigenvalue weighted by atomic mass is 32.2. The van der Waals surface area contributed by atoms with Crippen LogP contribution in [0.1, 0.15) is 60.7 Å². The molecule has 1 N–H and O–H groups in total. The minimum absolute atomic E-state index is 0.00858. The van der Waals surface area contributed by atoms with Crippen molar-refractivity contribution < 1.29 is 31.3 Å². The topological polar surface area (TPSA) is 105 Å². The molecular weight excluding hydrogens is 506 g/mol. The third-order valence-corrected chi connectivity index (χ3v) is 11.7. The molecule has 9 nitrogen and oxygen atoms in total. The smallest absolute Gasteiger partial charge is 0.273 e. The van der Waals surface area contributed by atoms with Crippen molar-refractivity contribution in [1.82, 2.24) is 19.7 Å². The quantitative estimate of drug-likeness (QED) is 0.538. The van der Waals surface area contributed by atoms with E-state index in [1.807, 2.05) is 0 Å². The van der Waals surface area contributed by atoms with Gasteiger partial charge in [-0.25, -0.2) is 17.2 Å². The predicted octanol–water partition coefficient (Wildman–Crippen LogP) is 2.07. The van der Waals surface area contributed by atoms with Crippen molar-refractivity contribution in [3.63, 3.8) is 0 Å². The number of sulfonamides is 1. The van der Waals surface area contributed by atoms with Gasteiger partial charge in [0.2, 0.25) is 15.9 Å². The third kappa shape index (κ3) is 4.51. The first-order valence-electron chi connectivity index (χ1n) is 13.6. The molecule has 204 valence electrons. The number of ether oxygens (including phenoxy) is 1. The first-order valence-corrected chi connectivity index (χ1v) is 15.2. The number of piperidine rings is 2. The summed E-state index contributed by atoms with van der Waals surface area (Å²) in [6, 6.07) is 1.43. The van der Waals surface area contributed by atoms with Crippen LogP contribution in [0.15, 0.2) is 10.6 Å². The Morgan fingerprint density at radius 3 is 2.41 bits per heavy atom. The third-order valence-electron chi connectivity index (χ3n) is 9.67. The molecule has 0 radical (unpaired) electrons. The summed E-state index contributed by atoms with van der Waals surface area (Å²) in [7, 11) is -3.39. The Morgan fingerprint density at radius 1 is 1.14 bits per heavy atom. The van der Waals surface area contributed by atoms with Crippen LogP contribution in [-0.2, 0) is 14.8 Å². The van der Waals surface area contributed by atoms with Crippen LogP contribution in [0.2, 0.25) is 0 Å². The minimum atomic E-state index is -3.39. The molecule has 1 aromatic rings. The van der Waals surface area contributed by atoms with Gasteiger partial charge in [0.25, 0.3) is 5.91 Å². The molecule has 5 heterocycles. The van der Waals surface area contributed by atoms with Crippen molar-refractivity contribution in [1.29, 1.82) is 0 Å². The molecule has 2 saturated carbocycles. The van der Waals surface area contributed by atoms with Gasteiger partial charge in [-0.3, -0.25) is 4.79 Å². The normalized spacial score (nSPS) is 37.7. The number of fused-ring (bicyclic) bond motifs is 3. The lowest BCUT2D eigenvalue weighted by Gasteiger charge is -2.38. The highest BCUT2D eigenvalue weighted by molar-refractivity contribution is 7.89. The van der Waals surface area contributed by atoms with Gasteiger partial charge >= 0.3 is 0 Å². The summed E-state index contributed by atoms with van der Waals surface area (Å²) < 4.78 is 65.4. The van der Waals surface area contributed by atoms with Crippen LogP contribution in [0, 0.1) is 23.7 Å². The van der Waals surface area contributed by atoms with Gasteiger partial charge in [0.1, 0.15) is 5.76 Å². The fraction of sp³-hybridized carbons (Fsp3) is 0.840. The molecule has 0 spiro atoms. The Balaban J connectivity index is 0.906. The van der Waals surface area contributed by atoms with Crippen LogP contribution in [0.5, 0.6) is 0 Å². The molecule has 1 aromatic heterocycles. The van der Waals surface area contributed by atoms with Gasteiger partial charge in [0.05, 0.1) is 24.9 Å². The van der Waals surface area contributed by atoms with Crippen LogP contribution in [0.3, 0.4) is 0 Å². The van der Waals surface area contributed by atoms with Crippen molar-refractivity contribution in [2.24, 2.45) is 23.7 Å². The summed E-state index contributed by atoms with van der Waals surface area (Å²) >= 11 is 0. The molecular formula is C25H34F2N4O5S. The molecule has 1 amide bonds. The average molecular weight is 541 g/mol. The minimum Gasteiger partial charge on any atom is -0.380 e. The van der Waals surface area contributed by atoms with Crippen molar-refractivity contribution >= 4 is 15.9 Å². The van der Waals surface area contributed by atoms with Crippen LogP contribution in [0.25, 0.3) is 0 Å². The molecule has 4 saturated heterocycles. The van der Waals surface area contributed by atoms with Crippen LogP contribution < -0.4 is 5.32 Å². The molecule has 4 atom stereocenters. The van der Waals surface area contributed by atoms with E-state index in [0.717, 1.165) is 32.5 Å². The lowest BCUT2D eigenvalue weighted by molar-refractivity contribution is -0.115. The number of halogens is 2. The van der Waals surface area contributed by atoms with Crippen LogP contribution in [0.4, 0.5) is 8.78 Å². The van der Waals surface area contributed by atoms with Crippen molar-refractivity contribution in [3.8, 4) is 0 Å². The molecule has 7 rings (SSSR count). The molecule has 4 unspecified atom stereocenters. The molecule has 6 fully saturated rings. The Hall–Kier alpha value is -1.63. The molecule has 0 aromatic carbocycles. The lowest BCUT2D eigenvalue weighted by Crippen LogP contribution is -2.53. The summed E-state index contributed by atoms with van der Waals surface area (Å²) in [5.41, 5.74) is 0.254. The number of nitrogens with one attached hydrogen (secondary N) is 1. The summed E-state index contributed by atoms with van der Waals surface area (Å²) in [5, 5.41) is 6.96. The van der Waals surface area contributed by atoms with Gasteiger partial charge in [-0.1, -0.05) is 5.16 Å². The van der Waals surface area contributed by atoms with Gasteiger partial charge in [0, 0.05) is 56.7 Å². The number of likely N-dealkylation sites (tertiary alicyclic amines) is 1. The van der Waals surface area contributed by atoms with Crippen LogP contribution in [-0.4, -0.2) is 91.3 Å². The van der Waals surface area contributed by atoms with E-state index in [9.17, 15) is 22.0 Å². The maximum atomic E-state index is 13.5. The average Bonchev–Trinajstić information content (AvgIpc) is 3.19. The standard InChI is InChI=1S/C25H34F2N4O5S/c26-25(27)6-14(7-25)8-30-9-19-20(10-30)21(19)13-37(33,34)31-17-1-2-18(31)4-16(3-17)28-24(32)22-5-23(36-29-22)15-11-35-12-15/h5,14-21H,1-4,6-13H2,(H,28,32). The van der Waals surface area contributed by atoms with Crippen molar-refractivity contribution in [2.45, 2.75) is 68.5 Å². The van der Waals surface area contributed by atoms with Gasteiger partial charge < -0.3 is 19.5 Å². The van der Waals surface area contributed by atoms with E-state index in [-0.39, 0.29) is 66.1 Å². The van der Waals surface area contributed by atoms with E-state index in [1.54, 1.807) is 10.4 Å². The lowest BCUT2D eigenvalue weighted by atomic mass is 9.81. The summed E-state index contributed by atoms with van der Waals surface area (Å²) in [6.07, 6.45) is 2.85. The van der Waals surface area contributed by atoms with E-state index < -0.39 is 15.9 Å². The Labute approximate surface area is 215 Å². The van der Waals surface area contributed by atoms with E-state index >= 15 is 0 Å². The Morgan fingerprint density at radius 2 is 1.81 bits per heavy atom. The molecule has 2 bridgehead atoms. The molecule has 12 heteroatoms. The first kappa shape index (κ1) is 24.4. The number of alkyl halides is 2. The number of rotatable bonds is 8. The zero-order chi connectivity index (χ0) is 25.5. The van der Waals surface area contributed by atoms with Crippen molar-refractivity contribution in [2.75, 3.05) is 38.6 Å². The van der Waals surface area contributed by atoms with E-state index in [4.69, 9.17) is 9.26 Å². The summed E-state index contributed by atoms with van der Waals surface area (Å²) in [4.78, 5) is 15.0. The molecule has 37 heavy (non-hydrogen) atoms.